The molecule has 0 saturated carbocycles. The van der Waals surface area contributed by atoms with Crippen molar-refractivity contribution in [3.05, 3.63) is 71.0 Å². The van der Waals surface area contributed by atoms with Gasteiger partial charge in [0.1, 0.15) is 5.69 Å². The summed E-state index contributed by atoms with van der Waals surface area (Å²) in [6, 6.07) is 15.1. The molecule has 0 radical (unpaired) electrons. The lowest BCUT2D eigenvalue weighted by Crippen LogP contribution is -2.32. The molecule has 35 heavy (non-hydrogen) atoms. The SMILES string of the molecule is Cn1cc(-c2nc(Nc3ccc(N4CCSCC4)c([N+](=O)[O-])c3)nc3ccnn23)c2ccccc21. The van der Waals surface area contributed by atoms with Gasteiger partial charge in [0.15, 0.2) is 11.5 Å². The number of rotatable bonds is 5. The average molecular weight is 487 g/mol. The summed E-state index contributed by atoms with van der Waals surface area (Å²) < 4.78 is 3.75. The van der Waals surface area contributed by atoms with Crippen LogP contribution in [0, 0.1) is 10.1 Å². The smallest absolute Gasteiger partial charge is 0.294 e. The summed E-state index contributed by atoms with van der Waals surface area (Å²) in [6.07, 6.45) is 3.70. The average Bonchev–Trinajstić information content (AvgIpc) is 3.49. The van der Waals surface area contributed by atoms with Gasteiger partial charge in [-0.2, -0.15) is 31.3 Å². The van der Waals surface area contributed by atoms with Gasteiger partial charge < -0.3 is 14.8 Å². The van der Waals surface area contributed by atoms with Crippen LogP contribution in [0.25, 0.3) is 27.9 Å². The van der Waals surface area contributed by atoms with Gasteiger partial charge in [0.05, 0.1) is 11.1 Å². The molecule has 5 aromatic rings. The number of aryl methyl sites for hydroxylation is 1. The van der Waals surface area contributed by atoms with Crippen molar-refractivity contribution in [2.75, 3.05) is 34.8 Å². The zero-order chi connectivity index (χ0) is 23.9. The third kappa shape index (κ3) is 3.83. The topological polar surface area (TPSA) is 106 Å². The predicted octanol–water partition coefficient (Wildman–Crippen LogP) is 4.49. The van der Waals surface area contributed by atoms with E-state index in [-0.39, 0.29) is 10.6 Å². The van der Waals surface area contributed by atoms with Gasteiger partial charge in [-0.15, -0.1) is 0 Å². The maximum atomic E-state index is 11.9. The first-order chi connectivity index (χ1) is 17.1. The van der Waals surface area contributed by atoms with Crippen LogP contribution in [0.4, 0.5) is 23.0 Å². The molecule has 2 aromatic carbocycles. The lowest BCUT2D eigenvalue weighted by molar-refractivity contribution is -0.384. The van der Waals surface area contributed by atoms with E-state index in [1.165, 1.54) is 0 Å². The van der Waals surface area contributed by atoms with Gasteiger partial charge in [-0.1, -0.05) is 18.2 Å². The lowest BCUT2D eigenvalue weighted by atomic mass is 10.1. The quantitative estimate of drug-likeness (QED) is 0.286. The molecule has 0 unspecified atom stereocenters. The second-order valence-electron chi connectivity index (χ2n) is 8.33. The van der Waals surface area contributed by atoms with E-state index in [1.54, 1.807) is 28.9 Å². The summed E-state index contributed by atoms with van der Waals surface area (Å²) in [4.78, 5) is 23.0. The third-order valence-corrected chi connectivity index (χ3v) is 7.12. The Bertz CT molecular complexity index is 1570. The minimum atomic E-state index is -0.329. The minimum Gasteiger partial charge on any atom is -0.364 e. The van der Waals surface area contributed by atoms with Crippen molar-refractivity contribution in [1.29, 1.82) is 0 Å². The normalized spacial score (nSPS) is 14.0. The monoisotopic (exact) mass is 486 g/mol. The van der Waals surface area contributed by atoms with Gasteiger partial charge in [0.2, 0.25) is 5.95 Å². The number of nitrogens with zero attached hydrogens (tertiary/aromatic N) is 7. The Balaban J connectivity index is 1.41. The highest BCUT2D eigenvalue weighted by atomic mass is 32.2. The first-order valence-electron chi connectivity index (χ1n) is 11.2. The fraction of sp³-hybridized carbons (Fsp3) is 0.208. The van der Waals surface area contributed by atoms with Crippen LogP contribution >= 0.6 is 11.8 Å². The molecule has 1 N–H and O–H groups in total. The summed E-state index contributed by atoms with van der Waals surface area (Å²) in [5.41, 5.74) is 3.90. The molecule has 0 atom stereocenters. The Morgan fingerprint density at radius 2 is 1.91 bits per heavy atom. The van der Waals surface area contributed by atoms with Crippen LogP contribution in [0.15, 0.2) is 60.9 Å². The first-order valence-corrected chi connectivity index (χ1v) is 12.4. The molecular weight excluding hydrogens is 464 g/mol. The van der Waals surface area contributed by atoms with Crippen LogP contribution in [-0.2, 0) is 7.05 Å². The number of nitro benzene ring substituents is 1. The van der Waals surface area contributed by atoms with Crippen molar-refractivity contribution in [2.45, 2.75) is 0 Å². The number of fused-ring (bicyclic) bond motifs is 2. The molecular formula is C24H22N8O2S. The number of nitro groups is 1. The summed E-state index contributed by atoms with van der Waals surface area (Å²) in [5, 5.41) is 20.5. The van der Waals surface area contributed by atoms with Crippen molar-refractivity contribution in [3.8, 4) is 11.4 Å². The van der Waals surface area contributed by atoms with E-state index in [4.69, 9.17) is 4.98 Å². The number of hydrogen-bond donors (Lipinski definition) is 1. The van der Waals surface area contributed by atoms with Gasteiger partial charge in [-0.3, -0.25) is 10.1 Å². The molecule has 1 aliphatic heterocycles. The van der Waals surface area contributed by atoms with Crippen LogP contribution in [0.1, 0.15) is 0 Å². The molecule has 176 valence electrons. The Labute approximate surface area is 204 Å². The number of aromatic nitrogens is 5. The molecule has 10 nitrogen and oxygen atoms in total. The maximum Gasteiger partial charge on any atom is 0.294 e. The fourth-order valence-corrected chi connectivity index (χ4v) is 5.43. The first kappa shape index (κ1) is 21.4. The van der Waals surface area contributed by atoms with Gasteiger partial charge in [-0.05, 0) is 18.2 Å². The molecule has 1 aliphatic rings. The highest BCUT2D eigenvalue weighted by Crippen LogP contribution is 2.34. The van der Waals surface area contributed by atoms with Crippen LogP contribution < -0.4 is 10.2 Å². The molecule has 1 saturated heterocycles. The molecule has 3 aromatic heterocycles. The molecule has 0 amide bonds. The molecule has 0 aliphatic carbocycles. The molecule has 4 heterocycles. The van der Waals surface area contributed by atoms with Gasteiger partial charge in [-0.25, -0.2) is 0 Å². The van der Waals surface area contributed by atoms with Crippen molar-refractivity contribution >= 4 is 51.3 Å². The Morgan fingerprint density at radius 3 is 2.74 bits per heavy atom. The molecule has 1 fully saturated rings. The van der Waals surface area contributed by atoms with Gasteiger partial charge in [0, 0.05) is 72.1 Å². The Kier molecular flexibility index (Phi) is 5.25. The number of nitrogens with one attached hydrogen (secondary N) is 1. The molecule has 11 heteroatoms. The molecule has 0 bridgehead atoms. The number of hydrogen-bond acceptors (Lipinski definition) is 8. The summed E-state index contributed by atoms with van der Waals surface area (Å²) in [5.74, 6) is 2.91. The van der Waals surface area contributed by atoms with E-state index in [0.29, 0.717) is 28.8 Å². The van der Waals surface area contributed by atoms with Crippen LogP contribution in [-0.4, -0.2) is 53.7 Å². The molecule has 6 rings (SSSR count). The Morgan fingerprint density at radius 1 is 1.09 bits per heavy atom. The van der Waals surface area contributed by atoms with E-state index >= 15 is 0 Å². The number of thioether (sulfide) groups is 1. The van der Waals surface area contributed by atoms with Gasteiger partial charge >= 0.3 is 0 Å². The standard InChI is InChI=1S/C24H22N8O2S/c1-29-15-18(17-4-2-3-5-19(17)29)23-28-24(27-22-8-9-25-31(22)23)26-16-6-7-20(21(14-16)32(33)34)30-10-12-35-13-11-30/h2-9,14-15H,10-13H2,1H3,(H,26,27). The van der Waals surface area contributed by atoms with Crippen molar-refractivity contribution in [3.63, 3.8) is 0 Å². The van der Waals surface area contributed by atoms with E-state index in [0.717, 1.165) is 41.1 Å². The predicted molar refractivity (Wildman–Crippen MR) is 139 cm³/mol. The number of para-hydroxylation sites is 1. The zero-order valence-corrected chi connectivity index (χ0v) is 19.8. The minimum absolute atomic E-state index is 0.0709. The van der Waals surface area contributed by atoms with Crippen LogP contribution in [0.2, 0.25) is 0 Å². The highest BCUT2D eigenvalue weighted by molar-refractivity contribution is 7.99. The maximum absolute atomic E-state index is 11.9. The van der Waals surface area contributed by atoms with Crippen LogP contribution in [0.3, 0.4) is 0 Å². The van der Waals surface area contributed by atoms with Crippen molar-refractivity contribution in [1.82, 2.24) is 24.1 Å². The fourth-order valence-electron chi connectivity index (χ4n) is 4.52. The lowest BCUT2D eigenvalue weighted by Gasteiger charge is -2.28. The van der Waals surface area contributed by atoms with E-state index in [9.17, 15) is 10.1 Å². The summed E-state index contributed by atoms with van der Waals surface area (Å²) in [6.45, 7) is 1.60. The second kappa shape index (κ2) is 8.58. The van der Waals surface area contributed by atoms with E-state index < -0.39 is 0 Å². The van der Waals surface area contributed by atoms with E-state index in [1.807, 2.05) is 43.2 Å². The number of anilines is 3. The second-order valence-corrected chi connectivity index (χ2v) is 9.55. The van der Waals surface area contributed by atoms with Crippen molar-refractivity contribution in [2.24, 2.45) is 7.05 Å². The zero-order valence-electron chi connectivity index (χ0n) is 19.0. The summed E-state index contributed by atoms with van der Waals surface area (Å²) >= 11 is 1.87. The Hall–Kier alpha value is -4.12. The van der Waals surface area contributed by atoms with Crippen LogP contribution in [0.5, 0.6) is 0 Å². The van der Waals surface area contributed by atoms with Crippen molar-refractivity contribution < 1.29 is 4.92 Å². The number of benzene rings is 2. The molecule has 0 spiro atoms. The largest absolute Gasteiger partial charge is 0.364 e. The third-order valence-electron chi connectivity index (χ3n) is 6.17. The van der Waals surface area contributed by atoms with Gasteiger partial charge in [0.25, 0.3) is 5.69 Å². The van der Waals surface area contributed by atoms with E-state index in [2.05, 4.69) is 37.0 Å². The summed E-state index contributed by atoms with van der Waals surface area (Å²) in [7, 11) is 1.99. The highest BCUT2D eigenvalue weighted by Gasteiger charge is 2.22.